The molecular formula is C15H17NO2S. The third-order valence-corrected chi connectivity index (χ3v) is 4.27. The van der Waals surface area contributed by atoms with Crippen molar-refractivity contribution < 1.29 is 9.84 Å². The summed E-state index contributed by atoms with van der Waals surface area (Å²) < 4.78 is 5.71. The lowest BCUT2D eigenvalue weighted by Gasteiger charge is -2.08. The normalized spacial score (nSPS) is 13.6. The molecule has 1 aliphatic heterocycles. The maximum absolute atomic E-state index is 9.83. The minimum absolute atomic E-state index is 0.321. The number of fused-ring (bicyclic) bond motifs is 1. The standard InChI is InChI=1S/C15H17NO2S/c1-16(2)9-12-3-4-14(19-12)13-8-11(17)7-10-5-6-18-15(10)13/h3-4,7-8,17H,5-6,9H2,1-2H3. The van der Waals surface area contributed by atoms with E-state index in [1.807, 2.05) is 0 Å². The maximum atomic E-state index is 9.83. The molecule has 1 aromatic heterocycles. The number of nitrogens with zero attached hydrogens (tertiary/aromatic N) is 1. The zero-order chi connectivity index (χ0) is 13.4. The van der Waals surface area contributed by atoms with Crippen molar-refractivity contribution in [2.75, 3.05) is 20.7 Å². The molecule has 0 radical (unpaired) electrons. The van der Waals surface area contributed by atoms with Crippen molar-refractivity contribution in [3.05, 3.63) is 34.7 Å². The Kier molecular flexibility index (Phi) is 3.21. The van der Waals surface area contributed by atoms with E-state index in [4.69, 9.17) is 4.74 Å². The number of hydrogen-bond donors (Lipinski definition) is 1. The van der Waals surface area contributed by atoms with Gasteiger partial charge in [-0.1, -0.05) is 0 Å². The fraction of sp³-hybridized carbons (Fsp3) is 0.333. The number of thiophene rings is 1. The molecule has 4 heteroatoms. The van der Waals surface area contributed by atoms with Gasteiger partial charge in [0.2, 0.25) is 0 Å². The van der Waals surface area contributed by atoms with Gasteiger partial charge in [0.25, 0.3) is 0 Å². The van der Waals surface area contributed by atoms with Gasteiger partial charge in [0.15, 0.2) is 0 Å². The van der Waals surface area contributed by atoms with Gasteiger partial charge in [0, 0.05) is 33.8 Å². The van der Waals surface area contributed by atoms with Crippen LogP contribution in [0.4, 0.5) is 0 Å². The minimum Gasteiger partial charge on any atom is -0.508 e. The topological polar surface area (TPSA) is 32.7 Å². The Morgan fingerprint density at radius 2 is 2.16 bits per heavy atom. The van der Waals surface area contributed by atoms with Crippen LogP contribution in [0.3, 0.4) is 0 Å². The number of hydrogen-bond acceptors (Lipinski definition) is 4. The summed E-state index contributed by atoms with van der Waals surface area (Å²) in [6.45, 7) is 1.65. The van der Waals surface area contributed by atoms with E-state index in [0.29, 0.717) is 12.4 Å². The molecule has 0 bridgehead atoms. The van der Waals surface area contributed by atoms with Gasteiger partial charge in [-0.15, -0.1) is 11.3 Å². The van der Waals surface area contributed by atoms with Crippen molar-refractivity contribution in [1.82, 2.24) is 4.90 Å². The van der Waals surface area contributed by atoms with Crippen LogP contribution in [0.2, 0.25) is 0 Å². The van der Waals surface area contributed by atoms with Crippen LogP contribution in [-0.4, -0.2) is 30.7 Å². The highest BCUT2D eigenvalue weighted by Crippen LogP contribution is 2.42. The molecule has 3 rings (SSSR count). The van der Waals surface area contributed by atoms with Crippen molar-refractivity contribution in [1.29, 1.82) is 0 Å². The van der Waals surface area contributed by atoms with Crippen LogP contribution in [0.25, 0.3) is 10.4 Å². The van der Waals surface area contributed by atoms with Crippen LogP contribution >= 0.6 is 11.3 Å². The molecule has 0 amide bonds. The summed E-state index contributed by atoms with van der Waals surface area (Å²) in [5.41, 5.74) is 2.13. The van der Waals surface area contributed by atoms with Crippen LogP contribution in [0.5, 0.6) is 11.5 Å². The molecule has 3 nitrogen and oxygen atoms in total. The van der Waals surface area contributed by atoms with Crippen LogP contribution in [0.15, 0.2) is 24.3 Å². The molecule has 0 fully saturated rings. The van der Waals surface area contributed by atoms with Gasteiger partial charge < -0.3 is 14.7 Å². The van der Waals surface area contributed by atoms with E-state index >= 15 is 0 Å². The van der Waals surface area contributed by atoms with Crippen LogP contribution in [0, 0.1) is 0 Å². The number of rotatable bonds is 3. The summed E-state index contributed by atoms with van der Waals surface area (Å²) in [7, 11) is 4.13. The van der Waals surface area contributed by atoms with Gasteiger partial charge in [-0.3, -0.25) is 0 Å². The van der Waals surface area contributed by atoms with Crippen molar-refractivity contribution in [3.8, 4) is 21.9 Å². The molecule has 0 saturated carbocycles. The minimum atomic E-state index is 0.321. The number of phenolic OH excluding ortho intramolecular Hbond substituents is 1. The molecular weight excluding hydrogens is 258 g/mol. The van der Waals surface area contributed by atoms with E-state index in [-0.39, 0.29) is 0 Å². The van der Waals surface area contributed by atoms with E-state index in [0.717, 1.165) is 34.7 Å². The molecule has 0 aliphatic carbocycles. The Bertz CT molecular complexity index is 604. The zero-order valence-electron chi connectivity index (χ0n) is 11.1. The third kappa shape index (κ3) is 2.46. The van der Waals surface area contributed by atoms with Crippen LogP contribution in [0.1, 0.15) is 10.4 Å². The molecule has 0 saturated heterocycles. The van der Waals surface area contributed by atoms with E-state index in [9.17, 15) is 5.11 Å². The summed E-state index contributed by atoms with van der Waals surface area (Å²) >= 11 is 1.76. The molecule has 100 valence electrons. The van der Waals surface area contributed by atoms with E-state index < -0.39 is 0 Å². The lowest BCUT2D eigenvalue weighted by Crippen LogP contribution is -2.09. The highest BCUT2D eigenvalue weighted by Gasteiger charge is 2.20. The van der Waals surface area contributed by atoms with Crippen LogP contribution < -0.4 is 4.74 Å². The number of phenols is 1. The lowest BCUT2D eigenvalue weighted by atomic mass is 10.1. The second-order valence-corrected chi connectivity index (χ2v) is 6.25. The Morgan fingerprint density at radius 1 is 1.32 bits per heavy atom. The first-order valence-corrected chi connectivity index (χ1v) is 7.17. The highest BCUT2D eigenvalue weighted by molar-refractivity contribution is 7.15. The Morgan fingerprint density at radius 3 is 2.95 bits per heavy atom. The molecule has 1 aromatic carbocycles. The molecule has 0 atom stereocenters. The van der Waals surface area contributed by atoms with Gasteiger partial charge >= 0.3 is 0 Å². The number of benzene rings is 1. The first-order chi connectivity index (χ1) is 9.13. The first-order valence-electron chi connectivity index (χ1n) is 6.36. The summed E-state index contributed by atoms with van der Waals surface area (Å²) in [6.07, 6.45) is 0.882. The van der Waals surface area contributed by atoms with Gasteiger partial charge in [-0.2, -0.15) is 0 Å². The zero-order valence-corrected chi connectivity index (χ0v) is 12.0. The Hall–Kier alpha value is -1.52. The second-order valence-electron chi connectivity index (χ2n) is 5.08. The van der Waals surface area contributed by atoms with Crippen LogP contribution in [-0.2, 0) is 13.0 Å². The van der Waals surface area contributed by atoms with E-state index in [1.54, 1.807) is 23.5 Å². The lowest BCUT2D eigenvalue weighted by molar-refractivity contribution is 0.358. The summed E-state index contributed by atoms with van der Waals surface area (Å²) in [4.78, 5) is 4.62. The monoisotopic (exact) mass is 275 g/mol. The fourth-order valence-electron chi connectivity index (χ4n) is 2.39. The van der Waals surface area contributed by atoms with Crippen molar-refractivity contribution in [3.63, 3.8) is 0 Å². The smallest absolute Gasteiger partial charge is 0.131 e. The highest BCUT2D eigenvalue weighted by atomic mass is 32.1. The van der Waals surface area contributed by atoms with Gasteiger partial charge in [0.1, 0.15) is 11.5 Å². The average molecular weight is 275 g/mol. The molecule has 2 aromatic rings. The van der Waals surface area contributed by atoms with Gasteiger partial charge in [-0.25, -0.2) is 0 Å². The third-order valence-electron chi connectivity index (χ3n) is 3.17. The first kappa shape index (κ1) is 12.5. The predicted molar refractivity (Wildman–Crippen MR) is 78.0 cm³/mol. The summed E-state index contributed by atoms with van der Waals surface area (Å²) in [5.74, 6) is 1.26. The van der Waals surface area contributed by atoms with Crippen molar-refractivity contribution in [2.45, 2.75) is 13.0 Å². The molecule has 2 heterocycles. The Labute approximate surface area is 117 Å². The van der Waals surface area contributed by atoms with E-state index in [2.05, 4.69) is 31.1 Å². The average Bonchev–Trinajstić information content (AvgIpc) is 2.95. The molecule has 19 heavy (non-hydrogen) atoms. The summed E-state index contributed by atoms with van der Waals surface area (Å²) in [6, 6.07) is 7.86. The Balaban J connectivity index is 2.00. The molecule has 0 spiro atoms. The van der Waals surface area contributed by atoms with Gasteiger partial charge in [0.05, 0.1) is 6.61 Å². The maximum Gasteiger partial charge on any atom is 0.131 e. The number of ether oxygens (including phenoxy) is 1. The summed E-state index contributed by atoms with van der Waals surface area (Å²) in [5, 5.41) is 9.83. The van der Waals surface area contributed by atoms with Crippen molar-refractivity contribution in [2.24, 2.45) is 0 Å². The molecule has 1 N–H and O–H groups in total. The quantitative estimate of drug-likeness (QED) is 0.934. The fourth-order valence-corrected chi connectivity index (χ4v) is 3.53. The second kappa shape index (κ2) is 4.87. The number of aromatic hydroxyl groups is 1. The van der Waals surface area contributed by atoms with E-state index in [1.165, 1.54) is 4.88 Å². The predicted octanol–water partition coefficient (Wildman–Crippen LogP) is 3.12. The van der Waals surface area contributed by atoms with Gasteiger partial charge in [-0.05, 0) is 38.4 Å². The molecule has 0 unspecified atom stereocenters. The molecule has 1 aliphatic rings. The van der Waals surface area contributed by atoms with Crippen molar-refractivity contribution >= 4 is 11.3 Å². The SMILES string of the molecule is CN(C)Cc1ccc(-c2cc(O)cc3c2OCC3)s1. The largest absolute Gasteiger partial charge is 0.508 e.